The molecule has 0 aromatic heterocycles. The van der Waals surface area contributed by atoms with Crippen LogP contribution >= 0.6 is 0 Å². The Balaban J connectivity index is 1.35. The molecular formula is C34H58O7. The summed E-state index contributed by atoms with van der Waals surface area (Å²) in [6.45, 7) is 16.6. The van der Waals surface area contributed by atoms with E-state index in [0.717, 1.165) is 44.9 Å². The summed E-state index contributed by atoms with van der Waals surface area (Å²) in [5.41, 5.74) is -0.615. The minimum Gasteiger partial charge on any atom is -0.393 e. The van der Waals surface area contributed by atoms with Crippen LogP contribution in [0.25, 0.3) is 0 Å². The summed E-state index contributed by atoms with van der Waals surface area (Å²) in [4.78, 5) is 0. The molecule has 3 unspecified atom stereocenters. The summed E-state index contributed by atoms with van der Waals surface area (Å²) in [5, 5.41) is 22.9. The van der Waals surface area contributed by atoms with E-state index in [2.05, 4.69) is 48.5 Å². The Hall–Kier alpha value is -0.280. The first-order chi connectivity index (χ1) is 19.1. The molecule has 5 saturated carbocycles. The van der Waals surface area contributed by atoms with Gasteiger partial charge in [-0.2, -0.15) is 0 Å². The second-order valence-corrected chi connectivity index (χ2v) is 16.9. The smallest absolute Gasteiger partial charge is 0.147 e. The molecule has 2 N–H and O–H groups in total. The van der Waals surface area contributed by atoms with Crippen LogP contribution in [0.1, 0.15) is 106 Å². The predicted molar refractivity (Wildman–Crippen MR) is 156 cm³/mol. The number of methoxy groups -OCH3 is 2. The van der Waals surface area contributed by atoms with Gasteiger partial charge in [0, 0.05) is 20.1 Å². The molecule has 1 heterocycles. The highest BCUT2D eigenvalue weighted by Crippen LogP contribution is 2.89. The van der Waals surface area contributed by atoms with Crippen LogP contribution in [-0.4, -0.2) is 73.6 Å². The lowest BCUT2D eigenvalue weighted by Crippen LogP contribution is -2.62. The van der Waals surface area contributed by atoms with Crippen LogP contribution in [-0.2, 0) is 23.7 Å². The maximum Gasteiger partial charge on any atom is 0.147 e. The molecule has 0 aromatic rings. The lowest BCUT2D eigenvalue weighted by molar-refractivity contribution is -0.225. The Kier molecular flexibility index (Phi) is 7.20. The Morgan fingerprint density at radius 2 is 1.54 bits per heavy atom. The third kappa shape index (κ3) is 3.94. The highest BCUT2D eigenvalue weighted by molar-refractivity contribution is 5.33. The van der Waals surface area contributed by atoms with Gasteiger partial charge in [-0.05, 0) is 117 Å². The van der Waals surface area contributed by atoms with Gasteiger partial charge in [0.05, 0.1) is 35.6 Å². The standard InChI is InChI=1S/C34H58O7/c1-28(2)24(36)10-13-34-18-33(34)15-14-30(5)27(32(7)12-11-25(41-32)29(3,4)40-20-38-9)22(39-19-37-8)17-31(30,6)23(33)16-21(35)26(28)34/h21-27,35-36H,10-20H2,1-9H3/t21-,22-,23-,24-,25?,26-,27-,30+,31-,32+,33?,34?/m0/s1. The van der Waals surface area contributed by atoms with E-state index in [4.69, 9.17) is 23.7 Å². The lowest BCUT2D eigenvalue weighted by Gasteiger charge is -2.64. The summed E-state index contributed by atoms with van der Waals surface area (Å²) in [6, 6.07) is 0. The van der Waals surface area contributed by atoms with Gasteiger partial charge in [-0.15, -0.1) is 0 Å². The number of ether oxygens (including phenoxy) is 5. The molecule has 7 heteroatoms. The van der Waals surface area contributed by atoms with Crippen molar-refractivity contribution in [2.45, 2.75) is 142 Å². The molecule has 1 aliphatic heterocycles. The minimum atomic E-state index is -0.447. The lowest BCUT2D eigenvalue weighted by atomic mass is 9.41. The van der Waals surface area contributed by atoms with Crippen LogP contribution in [0.5, 0.6) is 0 Å². The molecule has 0 aromatic carbocycles. The number of aliphatic hydroxyl groups excluding tert-OH is 2. The zero-order valence-corrected chi connectivity index (χ0v) is 27.3. The highest BCUT2D eigenvalue weighted by atomic mass is 16.7. The first-order valence-corrected chi connectivity index (χ1v) is 16.4. The van der Waals surface area contributed by atoms with Crippen LogP contribution in [0.15, 0.2) is 0 Å². The van der Waals surface area contributed by atoms with Crippen LogP contribution in [0, 0.1) is 44.8 Å². The van der Waals surface area contributed by atoms with Crippen molar-refractivity contribution in [2.75, 3.05) is 27.8 Å². The van der Waals surface area contributed by atoms with Gasteiger partial charge in [0.1, 0.15) is 13.6 Å². The fourth-order valence-electron chi connectivity index (χ4n) is 12.7. The Labute approximate surface area is 248 Å². The van der Waals surface area contributed by atoms with Gasteiger partial charge in [-0.1, -0.05) is 27.7 Å². The van der Waals surface area contributed by atoms with Crippen molar-refractivity contribution in [3.8, 4) is 0 Å². The topological polar surface area (TPSA) is 86.6 Å². The average Bonchev–Trinajstić information content (AvgIpc) is 3.24. The molecule has 41 heavy (non-hydrogen) atoms. The van der Waals surface area contributed by atoms with Gasteiger partial charge >= 0.3 is 0 Å². The number of rotatable bonds is 8. The molecule has 6 rings (SSSR count). The Bertz CT molecular complexity index is 1020. The molecule has 12 atom stereocenters. The third-order valence-corrected chi connectivity index (χ3v) is 14.7. The Morgan fingerprint density at radius 1 is 0.829 bits per heavy atom. The van der Waals surface area contributed by atoms with Crippen molar-refractivity contribution >= 4 is 0 Å². The molecule has 6 fully saturated rings. The quantitative estimate of drug-likeness (QED) is 0.358. The average molecular weight is 579 g/mol. The third-order valence-electron chi connectivity index (χ3n) is 14.7. The van der Waals surface area contributed by atoms with Gasteiger partial charge in [0.15, 0.2) is 0 Å². The van der Waals surface area contributed by atoms with E-state index in [-0.39, 0.29) is 82.5 Å². The zero-order valence-electron chi connectivity index (χ0n) is 27.3. The molecule has 0 radical (unpaired) electrons. The maximum atomic E-state index is 11.9. The van der Waals surface area contributed by atoms with Gasteiger partial charge in [0.25, 0.3) is 0 Å². The summed E-state index contributed by atoms with van der Waals surface area (Å²) in [5.74, 6) is 0.823. The second-order valence-electron chi connectivity index (χ2n) is 16.9. The summed E-state index contributed by atoms with van der Waals surface area (Å²) >= 11 is 0. The zero-order chi connectivity index (χ0) is 29.9. The van der Waals surface area contributed by atoms with Crippen LogP contribution in [0.4, 0.5) is 0 Å². The molecule has 2 spiro atoms. The van der Waals surface area contributed by atoms with E-state index in [0.29, 0.717) is 5.92 Å². The van der Waals surface area contributed by atoms with Crippen molar-refractivity contribution < 1.29 is 33.9 Å². The summed E-state index contributed by atoms with van der Waals surface area (Å²) in [6.07, 6.45) is 8.49. The monoisotopic (exact) mass is 578 g/mol. The van der Waals surface area contributed by atoms with Gasteiger partial charge in [-0.25, -0.2) is 0 Å². The molecule has 5 aliphatic carbocycles. The minimum absolute atomic E-state index is 0.00251. The van der Waals surface area contributed by atoms with Crippen molar-refractivity contribution in [3.05, 3.63) is 0 Å². The van der Waals surface area contributed by atoms with Crippen molar-refractivity contribution in [2.24, 2.45) is 44.8 Å². The van der Waals surface area contributed by atoms with E-state index in [1.807, 2.05) is 0 Å². The normalized spacial score (nSPS) is 53.8. The maximum absolute atomic E-state index is 11.9. The molecule has 7 nitrogen and oxygen atoms in total. The van der Waals surface area contributed by atoms with Crippen LogP contribution in [0.2, 0.25) is 0 Å². The van der Waals surface area contributed by atoms with Crippen LogP contribution < -0.4 is 0 Å². The largest absolute Gasteiger partial charge is 0.393 e. The number of fused-ring (bicyclic) bond motifs is 2. The van der Waals surface area contributed by atoms with Crippen molar-refractivity contribution in [1.29, 1.82) is 0 Å². The first kappa shape index (κ1) is 30.7. The van der Waals surface area contributed by atoms with Gasteiger partial charge in [-0.3, -0.25) is 0 Å². The number of aliphatic hydroxyl groups is 2. The number of hydrogen-bond donors (Lipinski definition) is 2. The molecular weight excluding hydrogens is 520 g/mol. The van der Waals surface area contributed by atoms with Crippen molar-refractivity contribution in [3.63, 3.8) is 0 Å². The first-order valence-electron chi connectivity index (χ1n) is 16.4. The summed E-state index contributed by atoms with van der Waals surface area (Å²) in [7, 11) is 3.37. The Morgan fingerprint density at radius 3 is 2.22 bits per heavy atom. The number of hydrogen-bond acceptors (Lipinski definition) is 7. The molecule has 0 bridgehead atoms. The second kappa shape index (κ2) is 9.61. The molecule has 236 valence electrons. The fraction of sp³-hybridized carbons (Fsp3) is 1.00. The highest BCUT2D eigenvalue weighted by Gasteiger charge is 2.85. The predicted octanol–water partition coefficient (Wildman–Crippen LogP) is 5.69. The van der Waals surface area contributed by atoms with Crippen molar-refractivity contribution in [1.82, 2.24) is 0 Å². The van der Waals surface area contributed by atoms with E-state index in [1.165, 1.54) is 12.8 Å². The van der Waals surface area contributed by atoms with E-state index >= 15 is 0 Å². The van der Waals surface area contributed by atoms with Gasteiger partial charge < -0.3 is 33.9 Å². The molecule has 0 amide bonds. The van der Waals surface area contributed by atoms with E-state index in [1.54, 1.807) is 14.2 Å². The van der Waals surface area contributed by atoms with E-state index < -0.39 is 5.60 Å². The van der Waals surface area contributed by atoms with E-state index in [9.17, 15) is 10.2 Å². The SMILES string of the molecule is COCO[C@H]1C[C@@]2(C)[C@@H]3C[C@H](O)[C@H]4C(C)(C)[C@@H](O)CCC45CC35CC[C@]2(C)[C@H]1[C@@]1(C)CCC(C(C)(C)OCOC)O1. The summed E-state index contributed by atoms with van der Waals surface area (Å²) < 4.78 is 30.5. The fourth-order valence-corrected chi connectivity index (χ4v) is 12.7. The van der Waals surface area contributed by atoms with Crippen LogP contribution in [0.3, 0.4) is 0 Å². The molecule has 6 aliphatic rings. The molecule has 1 saturated heterocycles. The van der Waals surface area contributed by atoms with Gasteiger partial charge in [0.2, 0.25) is 0 Å².